The minimum atomic E-state index is -2.85. The Bertz CT molecular complexity index is 512. The van der Waals surface area contributed by atoms with Gasteiger partial charge in [-0.2, -0.15) is 0 Å². The van der Waals surface area contributed by atoms with Crippen LogP contribution in [0.3, 0.4) is 0 Å². The minimum absolute atomic E-state index is 0.249. The normalized spacial score (nSPS) is 13.5. The fraction of sp³-hybridized carbons (Fsp3) is 0.600. The largest absolute Gasteiger partial charge is 0.310 e. The summed E-state index contributed by atoms with van der Waals surface area (Å²) < 4.78 is 22.1. The van der Waals surface area contributed by atoms with E-state index in [0.717, 1.165) is 6.54 Å². The van der Waals surface area contributed by atoms with Gasteiger partial charge in [-0.3, -0.25) is 0 Å². The summed E-state index contributed by atoms with van der Waals surface area (Å²) in [6, 6.07) is 4.63. The zero-order valence-electron chi connectivity index (χ0n) is 12.6. The van der Waals surface area contributed by atoms with E-state index in [9.17, 15) is 8.42 Å². The molecule has 1 N–H and O–H groups in total. The Morgan fingerprint density at radius 1 is 1.16 bits per heavy atom. The summed E-state index contributed by atoms with van der Waals surface area (Å²) in [7, 11) is -2.85. The number of sulfone groups is 1. The first-order valence-corrected chi connectivity index (χ1v) is 8.75. The van der Waals surface area contributed by atoms with E-state index in [0.29, 0.717) is 6.42 Å². The monoisotopic (exact) mass is 283 g/mol. The lowest BCUT2D eigenvalue weighted by atomic mass is 9.95. The van der Waals surface area contributed by atoms with Crippen molar-refractivity contribution >= 4 is 9.84 Å². The molecular weight excluding hydrogens is 258 g/mol. The highest BCUT2D eigenvalue weighted by atomic mass is 32.2. The maximum Gasteiger partial charge on any atom is 0.147 e. The van der Waals surface area contributed by atoms with Gasteiger partial charge in [-0.25, -0.2) is 8.42 Å². The number of hydrogen-bond acceptors (Lipinski definition) is 3. The summed E-state index contributed by atoms with van der Waals surface area (Å²) >= 11 is 0. The Morgan fingerprint density at radius 3 is 2.16 bits per heavy atom. The van der Waals surface area contributed by atoms with Crippen LogP contribution in [0.1, 0.15) is 41.6 Å². The minimum Gasteiger partial charge on any atom is -0.310 e. The lowest BCUT2D eigenvalue weighted by Crippen LogP contribution is -2.23. The van der Waals surface area contributed by atoms with Gasteiger partial charge in [0.15, 0.2) is 0 Å². The summed E-state index contributed by atoms with van der Waals surface area (Å²) in [5, 5.41) is 3.41. The third-order valence-corrected chi connectivity index (χ3v) is 4.34. The number of rotatable bonds is 6. The molecule has 0 fully saturated rings. The first kappa shape index (κ1) is 16.2. The van der Waals surface area contributed by atoms with Crippen molar-refractivity contribution in [1.82, 2.24) is 5.32 Å². The molecule has 0 amide bonds. The van der Waals surface area contributed by atoms with Gasteiger partial charge in [0, 0.05) is 12.3 Å². The van der Waals surface area contributed by atoms with E-state index >= 15 is 0 Å². The molecule has 0 radical (unpaired) electrons. The van der Waals surface area contributed by atoms with Crippen molar-refractivity contribution in [2.75, 3.05) is 18.6 Å². The van der Waals surface area contributed by atoms with E-state index in [-0.39, 0.29) is 11.8 Å². The summed E-state index contributed by atoms with van der Waals surface area (Å²) in [6.07, 6.45) is 1.94. The molecule has 0 saturated carbocycles. The van der Waals surface area contributed by atoms with Crippen LogP contribution in [0.2, 0.25) is 0 Å². The van der Waals surface area contributed by atoms with Crippen LogP contribution < -0.4 is 5.32 Å². The van der Waals surface area contributed by atoms with E-state index in [1.165, 1.54) is 28.5 Å². The van der Waals surface area contributed by atoms with Crippen LogP contribution in [0.15, 0.2) is 12.1 Å². The number of nitrogens with one attached hydrogen (secondary N) is 1. The molecule has 0 aliphatic carbocycles. The summed E-state index contributed by atoms with van der Waals surface area (Å²) in [5.41, 5.74) is 5.19. The molecule has 1 rings (SSSR count). The van der Waals surface area contributed by atoms with E-state index in [4.69, 9.17) is 0 Å². The topological polar surface area (TPSA) is 46.2 Å². The standard InChI is InChI=1S/C15H25NO2S/c1-11-9-12(2)15(13(3)10-11)14(4)16-7-6-8-19(5,17)18/h9-10,14,16H,6-8H2,1-5H3. The van der Waals surface area contributed by atoms with Crippen molar-refractivity contribution in [2.24, 2.45) is 0 Å². The van der Waals surface area contributed by atoms with Gasteiger partial charge in [0.2, 0.25) is 0 Å². The van der Waals surface area contributed by atoms with Gasteiger partial charge in [0.1, 0.15) is 9.84 Å². The van der Waals surface area contributed by atoms with Gasteiger partial charge in [0.25, 0.3) is 0 Å². The average Bonchev–Trinajstić information content (AvgIpc) is 2.21. The molecule has 0 aliphatic rings. The zero-order chi connectivity index (χ0) is 14.6. The lowest BCUT2D eigenvalue weighted by molar-refractivity contribution is 0.558. The van der Waals surface area contributed by atoms with E-state index < -0.39 is 9.84 Å². The van der Waals surface area contributed by atoms with Crippen molar-refractivity contribution in [3.63, 3.8) is 0 Å². The second kappa shape index (κ2) is 6.53. The molecular formula is C15H25NO2S. The predicted octanol–water partition coefficient (Wildman–Crippen LogP) is 2.70. The van der Waals surface area contributed by atoms with Crippen molar-refractivity contribution in [3.8, 4) is 0 Å². The van der Waals surface area contributed by atoms with Crippen LogP contribution in [0.4, 0.5) is 0 Å². The third-order valence-electron chi connectivity index (χ3n) is 3.31. The second-order valence-corrected chi connectivity index (χ2v) is 7.73. The van der Waals surface area contributed by atoms with Gasteiger partial charge in [0.05, 0.1) is 5.75 Å². The van der Waals surface area contributed by atoms with Crippen LogP contribution in [0.5, 0.6) is 0 Å². The Kier molecular flexibility index (Phi) is 5.56. The SMILES string of the molecule is Cc1cc(C)c(C(C)NCCCS(C)(=O)=O)c(C)c1. The highest BCUT2D eigenvalue weighted by Gasteiger charge is 2.11. The molecule has 0 bridgehead atoms. The first-order chi connectivity index (χ1) is 8.70. The Balaban J connectivity index is 2.62. The number of aryl methyl sites for hydroxylation is 3. The maximum absolute atomic E-state index is 11.1. The zero-order valence-corrected chi connectivity index (χ0v) is 13.4. The van der Waals surface area contributed by atoms with Gasteiger partial charge in [-0.15, -0.1) is 0 Å². The Labute approximate surface area is 117 Å². The van der Waals surface area contributed by atoms with Crippen LogP contribution in [0, 0.1) is 20.8 Å². The Morgan fingerprint density at radius 2 is 1.68 bits per heavy atom. The molecule has 4 heteroatoms. The maximum atomic E-state index is 11.1. The molecule has 0 aromatic heterocycles. The molecule has 0 spiro atoms. The molecule has 108 valence electrons. The molecule has 0 aliphatic heterocycles. The quantitative estimate of drug-likeness (QED) is 0.817. The molecule has 0 saturated heterocycles. The van der Waals surface area contributed by atoms with Gasteiger partial charge < -0.3 is 5.32 Å². The molecule has 1 aromatic rings. The molecule has 1 atom stereocenters. The van der Waals surface area contributed by atoms with Crippen LogP contribution in [-0.4, -0.2) is 27.0 Å². The molecule has 1 aromatic carbocycles. The van der Waals surface area contributed by atoms with Crippen molar-refractivity contribution in [3.05, 3.63) is 34.4 Å². The van der Waals surface area contributed by atoms with E-state index in [1.807, 2.05) is 0 Å². The first-order valence-electron chi connectivity index (χ1n) is 6.69. The summed E-state index contributed by atoms with van der Waals surface area (Å²) in [6.45, 7) is 9.22. The number of benzene rings is 1. The molecule has 3 nitrogen and oxygen atoms in total. The van der Waals surface area contributed by atoms with E-state index in [2.05, 4.69) is 45.1 Å². The molecule has 19 heavy (non-hydrogen) atoms. The fourth-order valence-corrected chi connectivity index (χ4v) is 3.30. The number of hydrogen-bond donors (Lipinski definition) is 1. The average molecular weight is 283 g/mol. The fourth-order valence-electron chi connectivity index (χ4n) is 2.63. The van der Waals surface area contributed by atoms with E-state index in [1.54, 1.807) is 0 Å². The summed E-state index contributed by atoms with van der Waals surface area (Å²) in [5.74, 6) is 0.249. The predicted molar refractivity (Wildman–Crippen MR) is 81.4 cm³/mol. The summed E-state index contributed by atoms with van der Waals surface area (Å²) in [4.78, 5) is 0. The Hall–Kier alpha value is -0.870. The molecule has 1 unspecified atom stereocenters. The smallest absolute Gasteiger partial charge is 0.147 e. The van der Waals surface area contributed by atoms with Crippen LogP contribution in [0.25, 0.3) is 0 Å². The van der Waals surface area contributed by atoms with Crippen molar-refractivity contribution in [2.45, 2.75) is 40.2 Å². The van der Waals surface area contributed by atoms with Crippen LogP contribution >= 0.6 is 0 Å². The van der Waals surface area contributed by atoms with Gasteiger partial charge in [-0.1, -0.05) is 17.7 Å². The highest BCUT2D eigenvalue weighted by Crippen LogP contribution is 2.23. The van der Waals surface area contributed by atoms with Gasteiger partial charge >= 0.3 is 0 Å². The highest BCUT2D eigenvalue weighted by molar-refractivity contribution is 7.90. The second-order valence-electron chi connectivity index (χ2n) is 5.47. The third kappa shape index (κ3) is 5.33. The van der Waals surface area contributed by atoms with Gasteiger partial charge in [-0.05, 0) is 57.4 Å². The van der Waals surface area contributed by atoms with Crippen molar-refractivity contribution < 1.29 is 8.42 Å². The van der Waals surface area contributed by atoms with Crippen LogP contribution in [-0.2, 0) is 9.84 Å². The van der Waals surface area contributed by atoms with Crippen molar-refractivity contribution in [1.29, 1.82) is 0 Å². The molecule has 0 heterocycles. The lowest BCUT2D eigenvalue weighted by Gasteiger charge is -2.19.